The zero-order valence-corrected chi connectivity index (χ0v) is 11.5. The van der Waals surface area contributed by atoms with E-state index >= 15 is 0 Å². The highest BCUT2D eigenvalue weighted by atomic mass is 19.1. The minimum absolute atomic E-state index is 0.0989. The van der Waals surface area contributed by atoms with Gasteiger partial charge in [-0.15, -0.1) is 0 Å². The molecule has 0 fully saturated rings. The van der Waals surface area contributed by atoms with Crippen LogP contribution in [0.1, 0.15) is 12.0 Å². The number of halogens is 1. The first-order valence-electron chi connectivity index (χ1n) is 6.36. The minimum atomic E-state index is -0.245. The fourth-order valence-corrected chi connectivity index (χ4v) is 1.65. The lowest BCUT2D eigenvalue weighted by Crippen LogP contribution is -2.38. The Kier molecular flexibility index (Phi) is 6.89. The average Bonchev–Trinajstić information content (AvgIpc) is 2.41. The van der Waals surface area contributed by atoms with Crippen LogP contribution in [0.25, 0.3) is 0 Å². The number of amides is 2. The van der Waals surface area contributed by atoms with Crippen LogP contribution in [-0.2, 0) is 11.2 Å². The Hall–Kier alpha value is -1.62. The topological polar surface area (TPSA) is 41.6 Å². The summed E-state index contributed by atoms with van der Waals surface area (Å²) < 4.78 is 17.6. The molecule has 0 atom stereocenters. The molecule has 0 aliphatic carbocycles. The van der Waals surface area contributed by atoms with E-state index in [0.29, 0.717) is 26.1 Å². The number of carbonyl (C=O) groups is 1. The molecule has 1 aromatic carbocycles. The lowest BCUT2D eigenvalue weighted by Gasteiger charge is -2.17. The van der Waals surface area contributed by atoms with Crippen LogP contribution in [0, 0.1) is 5.82 Å². The van der Waals surface area contributed by atoms with Gasteiger partial charge in [0, 0.05) is 33.9 Å². The van der Waals surface area contributed by atoms with Crippen LogP contribution in [-0.4, -0.2) is 44.8 Å². The van der Waals surface area contributed by atoms with Gasteiger partial charge in [0.25, 0.3) is 0 Å². The summed E-state index contributed by atoms with van der Waals surface area (Å²) >= 11 is 0. The SMILES string of the molecule is COCCCN(C)C(=O)NCCc1ccc(F)cc1. The second-order valence-electron chi connectivity index (χ2n) is 4.38. The molecule has 0 unspecified atom stereocenters. The van der Waals surface area contributed by atoms with Gasteiger partial charge in [0.15, 0.2) is 0 Å². The van der Waals surface area contributed by atoms with Gasteiger partial charge in [-0.3, -0.25) is 0 Å². The average molecular weight is 268 g/mol. The molecule has 19 heavy (non-hydrogen) atoms. The monoisotopic (exact) mass is 268 g/mol. The van der Waals surface area contributed by atoms with E-state index < -0.39 is 0 Å². The van der Waals surface area contributed by atoms with E-state index in [1.165, 1.54) is 12.1 Å². The Morgan fingerprint density at radius 3 is 2.68 bits per heavy atom. The number of nitrogens with zero attached hydrogens (tertiary/aromatic N) is 1. The lowest BCUT2D eigenvalue weighted by atomic mass is 10.1. The molecule has 1 rings (SSSR count). The molecule has 0 aliphatic heterocycles. The number of nitrogens with one attached hydrogen (secondary N) is 1. The Balaban J connectivity index is 2.21. The van der Waals surface area contributed by atoms with Crippen molar-refractivity contribution in [1.82, 2.24) is 10.2 Å². The Morgan fingerprint density at radius 2 is 2.05 bits per heavy atom. The number of hydrogen-bond acceptors (Lipinski definition) is 2. The second kappa shape index (κ2) is 8.48. The van der Waals surface area contributed by atoms with Gasteiger partial charge < -0.3 is 15.0 Å². The summed E-state index contributed by atoms with van der Waals surface area (Å²) in [7, 11) is 3.39. The molecule has 0 aliphatic rings. The van der Waals surface area contributed by atoms with Gasteiger partial charge in [-0.25, -0.2) is 9.18 Å². The second-order valence-corrected chi connectivity index (χ2v) is 4.38. The first-order chi connectivity index (χ1) is 9.13. The number of urea groups is 1. The van der Waals surface area contributed by atoms with Crippen molar-refractivity contribution in [3.63, 3.8) is 0 Å². The van der Waals surface area contributed by atoms with Gasteiger partial charge in [-0.2, -0.15) is 0 Å². The summed E-state index contributed by atoms with van der Waals surface area (Å²) in [4.78, 5) is 13.3. The van der Waals surface area contributed by atoms with Gasteiger partial charge in [0.2, 0.25) is 0 Å². The summed E-state index contributed by atoms with van der Waals surface area (Å²) in [6, 6.07) is 6.20. The summed E-state index contributed by atoms with van der Waals surface area (Å²) in [5.41, 5.74) is 1.00. The molecule has 0 saturated heterocycles. The van der Waals surface area contributed by atoms with Crippen LogP contribution in [0.4, 0.5) is 9.18 Å². The van der Waals surface area contributed by atoms with E-state index in [1.807, 2.05) is 0 Å². The van der Waals surface area contributed by atoms with Gasteiger partial charge in [-0.05, 0) is 30.5 Å². The van der Waals surface area contributed by atoms with Crippen LogP contribution in [0.5, 0.6) is 0 Å². The van der Waals surface area contributed by atoms with E-state index in [2.05, 4.69) is 5.32 Å². The lowest BCUT2D eigenvalue weighted by molar-refractivity contribution is 0.175. The molecule has 0 heterocycles. The molecule has 4 nitrogen and oxygen atoms in total. The highest BCUT2D eigenvalue weighted by Gasteiger charge is 2.06. The molecule has 106 valence electrons. The first-order valence-corrected chi connectivity index (χ1v) is 6.36. The molecule has 0 radical (unpaired) electrons. The molecule has 1 N–H and O–H groups in total. The van der Waals surface area contributed by atoms with E-state index in [-0.39, 0.29) is 11.8 Å². The number of rotatable bonds is 7. The number of carbonyl (C=O) groups excluding carboxylic acids is 1. The third-order valence-corrected chi connectivity index (χ3v) is 2.79. The predicted octanol–water partition coefficient (Wildman–Crippen LogP) is 2.05. The number of ether oxygens (including phenoxy) is 1. The predicted molar refractivity (Wildman–Crippen MR) is 72.6 cm³/mol. The standard InChI is InChI=1S/C14H21FN2O2/c1-17(10-3-11-19-2)14(18)16-9-8-12-4-6-13(15)7-5-12/h4-7H,3,8-11H2,1-2H3,(H,16,18). The van der Waals surface area contributed by atoms with Gasteiger partial charge >= 0.3 is 6.03 Å². The van der Waals surface area contributed by atoms with Crippen molar-refractivity contribution in [2.45, 2.75) is 12.8 Å². The molecule has 0 aromatic heterocycles. The molecular weight excluding hydrogens is 247 g/mol. The quantitative estimate of drug-likeness (QED) is 0.769. The third kappa shape index (κ3) is 6.20. The fraction of sp³-hybridized carbons (Fsp3) is 0.500. The molecule has 0 bridgehead atoms. The molecular formula is C14H21FN2O2. The van der Waals surface area contributed by atoms with Crippen molar-refractivity contribution in [2.75, 3.05) is 33.9 Å². The minimum Gasteiger partial charge on any atom is -0.385 e. The van der Waals surface area contributed by atoms with Crippen LogP contribution in [0.15, 0.2) is 24.3 Å². The smallest absolute Gasteiger partial charge is 0.317 e. The molecule has 1 aromatic rings. The highest BCUT2D eigenvalue weighted by molar-refractivity contribution is 5.73. The largest absolute Gasteiger partial charge is 0.385 e. The number of methoxy groups -OCH3 is 1. The summed E-state index contributed by atoms with van der Waals surface area (Å²) in [6.07, 6.45) is 1.51. The summed E-state index contributed by atoms with van der Waals surface area (Å²) in [5.74, 6) is -0.245. The molecule has 0 saturated carbocycles. The molecule has 2 amide bonds. The van der Waals surface area contributed by atoms with Crippen molar-refractivity contribution in [1.29, 1.82) is 0 Å². The van der Waals surface area contributed by atoms with Crippen LogP contribution < -0.4 is 5.32 Å². The third-order valence-electron chi connectivity index (χ3n) is 2.79. The summed E-state index contributed by atoms with van der Waals surface area (Å²) in [6.45, 7) is 1.85. The van der Waals surface area contributed by atoms with E-state index in [9.17, 15) is 9.18 Å². The van der Waals surface area contributed by atoms with Crippen molar-refractivity contribution in [3.05, 3.63) is 35.6 Å². The molecule has 5 heteroatoms. The van der Waals surface area contributed by atoms with Crippen LogP contribution in [0.3, 0.4) is 0 Å². The van der Waals surface area contributed by atoms with E-state index in [1.54, 1.807) is 31.2 Å². The maximum absolute atomic E-state index is 12.7. The Bertz CT molecular complexity index is 382. The maximum atomic E-state index is 12.7. The van der Waals surface area contributed by atoms with Crippen molar-refractivity contribution >= 4 is 6.03 Å². The zero-order chi connectivity index (χ0) is 14.1. The van der Waals surface area contributed by atoms with Crippen molar-refractivity contribution in [2.24, 2.45) is 0 Å². The van der Waals surface area contributed by atoms with Crippen LogP contribution >= 0.6 is 0 Å². The Morgan fingerprint density at radius 1 is 1.37 bits per heavy atom. The van der Waals surface area contributed by atoms with Gasteiger partial charge in [-0.1, -0.05) is 12.1 Å². The molecule has 0 spiro atoms. The Labute approximate surface area is 113 Å². The number of benzene rings is 1. The summed E-state index contributed by atoms with van der Waals surface area (Å²) in [5, 5.41) is 2.82. The fourth-order valence-electron chi connectivity index (χ4n) is 1.65. The van der Waals surface area contributed by atoms with Gasteiger partial charge in [0.1, 0.15) is 5.82 Å². The van der Waals surface area contributed by atoms with Crippen molar-refractivity contribution < 1.29 is 13.9 Å². The number of hydrogen-bond donors (Lipinski definition) is 1. The normalized spacial score (nSPS) is 10.3. The van der Waals surface area contributed by atoms with E-state index in [4.69, 9.17) is 4.74 Å². The van der Waals surface area contributed by atoms with Crippen LogP contribution in [0.2, 0.25) is 0 Å². The maximum Gasteiger partial charge on any atom is 0.317 e. The van der Waals surface area contributed by atoms with Gasteiger partial charge in [0.05, 0.1) is 0 Å². The van der Waals surface area contributed by atoms with E-state index in [0.717, 1.165) is 12.0 Å². The highest BCUT2D eigenvalue weighted by Crippen LogP contribution is 2.02. The zero-order valence-electron chi connectivity index (χ0n) is 11.5. The van der Waals surface area contributed by atoms with Crippen molar-refractivity contribution in [3.8, 4) is 0 Å². The first kappa shape index (κ1) is 15.4.